The van der Waals surface area contributed by atoms with Gasteiger partial charge in [0.25, 0.3) is 0 Å². The summed E-state index contributed by atoms with van der Waals surface area (Å²) in [6, 6.07) is 8.25. The number of benzene rings is 1. The summed E-state index contributed by atoms with van der Waals surface area (Å²) in [6.45, 7) is 4.59. The molecule has 0 spiro atoms. The molecule has 0 aliphatic carbocycles. The number of rotatable bonds is 6. The van der Waals surface area contributed by atoms with Crippen LogP contribution in [0, 0.1) is 0 Å². The fraction of sp³-hybridized carbons (Fsp3) is 0.467. The van der Waals surface area contributed by atoms with Crippen molar-refractivity contribution in [1.82, 2.24) is 4.57 Å². The summed E-state index contributed by atoms with van der Waals surface area (Å²) in [5.74, 6) is 0.180. The molecule has 110 valence electrons. The van der Waals surface area contributed by atoms with E-state index >= 15 is 0 Å². The highest BCUT2D eigenvalue weighted by atomic mass is 32.2. The van der Waals surface area contributed by atoms with Crippen LogP contribution in [0.25, 0.3) is 10.9 Å². The number of sulfone groups is 1. The van der Waals surface area contributed by atoms with Crippen LogP contribution in [-0.2, 0) is 22.8 Å². The summed E-state index contributed by atoms with van der Waals surface area (Å²) in [7, 11) is -3.00. The van der Waals surface area contributed by atoms with Gasteiger partial charge < -0.3 is 10.3 Å². The lowest BCUT2D eigenvalue weighted by atomic mass is 10.1. The molecule has 0 atom stereocenters. The van der Waals surface area contributed by atoms with Crippen LogP contribution >= 0.6 is 0 Å². The molecule has 0 amide bonds. The van der Waals surface area contributed by atoms with Crippen molar-refractivity contribution >= 4 is 20.7 Å². The SMILES string of the molecule is CC(C)S(=O)(=O)CCn1ccc2cc(CCN)ccc21. The van der Waals surface area contributed by atoms with E-state index in [4.69, 9.17) is 5.73 Å². The van der Waals surface area contributed by atoms with Gasteiger partial charge in [-0.1, -0.05) is 6.07 Å². The van der Waals surface area contributed by atoms with E-state index in [1.54, 1.807) is 13.8 Å². The molecule has 2 N–H and O–H groups in total. The quantitative estimate of drug-likeness (QED) is 0.886. The van der Waals surface area contributed by atoms with E-state index in [9.17, 15) is 8.42 Å². The number of hydrogen-bond acceptors (Lipinski definition) is 3. The minimum Gasteiger partial charge on any atom is -0.346 e. The van der Waals surface area contributed by atoms with Crippen molar-refractivity contribution in [3.8, 4) is 0 Å². The fourth-order valence-electron chi connectivity index (χ4n) is 2.23. The minimum atomic E-state index is -3.00. The van der Waals surface area contributed by atoms with Crippen molar-refractivity contribution < 1.29 is 8.42 Å². The second-order valence-electron chi connectivity index (χ2n) is 5.36. The standard InChI is InChI=1S/C15H22N2O2S/c1-12(2)20(18,19)10-9-17-8-6-14-11-13(5-7-16)3-4-15(14)17/h3-4,6,8,11-12H,5,7,9-10,16H2,1-2H3. The molecule has 5 heteroatoms. The molecule has 0 unspecified atom stereocenters. The molecule has 20 heavy (non-hydrogen) atoms. The summed E-state index contributed by atoms with van der Waals surface area (Å²) in [6.07, 6.45) is 2.82. The number of aryl methyl sites for hydroxylation is 1. The van der Waals surface area contributed by atoms with Crippen LogP contribution in [0.4, 0.5) is 0 Å². The highest BCUT2D eigenvalue weighted by Gasteiger charge is 2.16. The molecule has 1 aromatic carbocycles. The first-order chi connectivity index (χ1) is 9.44. The number of aromatic nitrogens is 1. The Kier molecular flexibility index (Phi) is 4.50. The van der Waals surface area contributed by atoms with E-state index in [1.165, 1.54) is 5.56 Å². The number of nitrogens with zero attached hydrogens (tertiary/aromatic N) is 1. The summed E-state index contributed by atoms with van der Waals surface area (Å²) >= 11 is 0. The average Bonchev–Trinajstić information content (AvgIpc) is 2.79. The van der Waals surface area contributed by atoms with Gasteiger partial charge in [-0.3, -0.25) is 0 Å². The maximum atomic E-state index is 11.9. The molecule has 2 rings (SSSR count). The van der Waals surface area contributed by atoms with Gasteiger partial charge in [0, 0.05) is 18.3 Å². The van der Waals surface area contributed by atoms with Crippen LogP contribution < -0.4 is 5.73 Å². The smallest absolute Gasteiger partial charge is 0.154 e. The first kappa shape index (κ1) is 15.1. The van der Waals surface area contributed by atoms with Crippen molar-refractivity contribution in [3.63, 3.8) is 0 Å². The predicted molar refractivity (Wildman–Crippen MR) is 83.6 cm³/mol. The molecule has 1 aromatic heterocycles. The van der Waals surface area contributed by atoms with E-state index in [2.05, 4.69) is 12.1 Å². The Morgan fingerprint density at radius 1 is 1.25 bits per heavy atom. The molecular weight excluding hydrogens is 272 g/mol. The third-order valence-corrected chi connectivity index (χ3v) is 5.79. The largest absolute Gasteiger partial charge is 0.346 e. The Balaban J connectivity index is 2.20. The fourth-order valence-corrected chi connectivity index (χ4v) is 3.15. The van der Waals surface area contributed by atoms with Gasteiger partial charge >= 0.3 is 0 Å². The third-order valence-electron chi connectivity index (χ3n) is 3.60. The lowest BCUT2D eigenvalue weighted by Crippen LogP contribution is -2.20. The van der Waals surface area contributed by atoms with Gasteiger partial charge in [-0.05, 0) is 56.0 Å². The van der Waals surface area contributed by atoms with Crippen LogP contribution in [0.5, 0.6) is 0 Å². The monoisotopic (exact) mass is 294 g/mol. The molecule has 4 nitrogen and oxygen atoms in total. The zero-order valence-electron chi connectivity index (χ0n) is 12.0. The van der Waals surface area contributed by atoms with E-state index in [0.717, 1.165) is 17.3 Å². The Morgan fingerprint density at radius 3 is 2.65 bits per heavy atom. The summed E-state index contributed by atoms with van der Waals surface area (Å²) in [5, 5.41) is 0.818. The first-order valence-electron chi connectivity index (χ1n) is 6.93. The van der Waals surface area contributed by atoms with Crippen molar-refractivity contribution in [2.75, 3.05) is 12.3 Å². The molecule has 0 saturated carbocycles. The van der Waals surface area contributed by atoms with E-state index in [0.29, 0.717) is 13.1 Å². The highest BCUT2D eigenvalue weighted by molar-refractivity contribution is 7.91. The first-order valence-corrected chi connectivity index (χ1v) is 8.65. The molecule has 0 aliphatic rings. The third kappa shape index (κ3) is 3.22. The van der Waals surface area contributed by atoms with Crippen LogP contribution in [0.1, 0.15) is 19.4 Å². The van der Waals surface area contributed by atoms with Crippen LogP contribution in [0.2, 0.25) is 0 Å². The van der Waals surface area contributed by atoms with E-state index < -0.39 is 9.84 Å². The second-order valence-corrected chi connectivity index (χ2v) is 8.03. The Morgan fingerprint density at radius 2 is 2.00 bits per heavy atom. The number of hydrogen-bond donors (Lipinski definition) is 1. The predicted octanol–water partition coefficient (Wildman–Crippen LogP) is 1.97. The highest BCUT2D eigenvalue weighted by Crippen LogP contribution is 2.18. The average molecular weight is 294 g/mol. The molecule has 1 heterocycles. The maximum absolute atomic E-state index is 11.9. The zero-order chi connectivity index (χ0) is 14.8. The van der Waals surface area contributed by atoms with Crippen molar-refractivity contribution in [1.29, 1.82) is 0 Å². The van der Waals surface area contributed by atoms with Gasteiger partial charge in [0.1, 0.15) is 0 Å². The van der Waals surface area contributed by atoms with E-state index in [-0.39, 0.29) is 11.0 Å². The Hall–Kier alpha value is -1.33. The molecule has 0 bridgehead atoms. The maximum Gasteiger partial charge on any atom is 0.154 e. The van der Waals surface area contributed by atoms with Gasteiger partial charge in [0.2, 0.25) is 0 Å². The molecular formula is C15H22N2O2S. The molecule has 0 radical (unpaired) electrons. The second kappa shape index (κ2) is 5.97. The molecule has 0 saturated heterocycles. The lowest BCUT2D eigenvalue weighted by molar-refractivity contribution is 0.581. The number of fused-ring (bicyclic) bond motifs is 1. The molecule has 2 aromatic rings. The van der Waals surface area contributed by atoms with Crippen LogP contribution in [0.3, 0.4) is 0 Å². The Labute approximate surface area is 120 Å². The van der Waals surface area contributed by atoms with Crippen LogP contribution in [-0.4, -0.2) is 30.5 Å². The van der Waals surface area contributed by atoms with Gasteiger partial charge in [-0.2, -0.15) is 0 Å². The Bertz CT molecular complexity index is 687. The summed E-state index contributed by atoms with van der Waals surface area (Å²) < 4.78 is 25.7. The normalized spacial score (nSPS) is 12.4. The lowest BCUT2D eigenvalue weighted by Gasteiger charge is -2.09. The zero-order valence-corrected chi connectivity index (χ0v) is 12.9. The van der Waals surface area contributed by atoms with Gasteiger partial charge in [-0.15, -0.1) is 0 Å². The van der Waals surface area contributed by atoms with Gasteiger partial charge in [0.05, 0.1) is 11.0 Å². The van der Waals surface area contributed by atoms with Crippen LogP contribution in [0.15, 0.2) is 30.5 Å². The van der Waals surface area contributed by atoms with Gasteiger partial charge in [0.15, 0.2) is 9.84 Å². The van der Waals surface area contributed by atoms with Crippen molar-refractivity contribution in [2.24, 2.45) is 5.73 Å². The summed E-state index contributed by atoms with van der Waals surface area (Å²) in [5.41, 5.74) is 7.85. The minimum absolute atomic E-state index is 0.180. The topological polar surface area (TPSA) is 65.1 Å². The number of nitrogens with two attached hydrogens (primary N) is 1. The molecule has 0 fully saturated rings. The summed E-state index contributed by atoms with van der Waals surface area (Å²) in [4.78, 5) is 0. The van der Waals surface area contributed by atoms with Crippen molar-refractivity contribution in [3.05, 3.63) is 36.0 Å². The molecule has 0 aliphatic heterocycles. The van der Waals surface area contributed by atoms with Crippen molar-refractivity contribution in [2.45, 2.75) is 32.1 Å². The van der Waals surface area contributed by atoms with Gasteiger partial charge in [-0.25, -0.2) is 8.42 Å². The van der Waals surface area contributed by atoms with E-state index in [1.807, 2.05) is 22.9 Å².